The van der Waals surface area contributed by atoms with Gasteiger partial charge in [0, 0.05) is 10.9 Å². The van der Waals surface area contributed by atoms with Crippen LogP contribution in [-0.2, 0) is 22.4 Å². The summed E-state index contributed by atoms with van der Waals surface area (Å²) in [5, 5.41) is 2.84. The van der Waals surface area contributed by atoms with Gasteiger partial charge in [0.2, 0.25) is 0 Å². The Kier molecular flexibility index (Phi) is 4.10. The van der Waals surface area contributed by atoms with Gasteiger partial charge in [-0.05, 0) is 12.0 Å². The van der Waals surface area contributed by atoms with Crippen molar-refractivity contribution in [2.24, 2.45) is 0 Å². The summed E-state index contributed by atoms with van der Waals surface area (Å²) in [5.74, 6) is -0.256. The van der Waals surface area contributed by atoms with Gasteiger partial charge in [0.1, 0.15) is 5.01 Å². The van der Waals surface area contributed by atoms with Crippen LogP contribution in [-0.4, -0.2) is 18.1 Å². The van der Waals surface area contributed by atoms with E-state index >= 15 is 0 Å². The van der Waals surface area contributed by atoms with E-state index in [1.54, 1.807) is 11.3 Å². The Labute approximate surface area is 110 Å². The number of aryl methyl sites for hydroxylation is 1. The van der Waals surface area contributed by atoms with E-state index in [-0.39, 0.29) is 12.4 Å². The Bertz CT molecular complexity index is 531. The zero-order chi connectivity index (χ0) is 13.0. The highest BCUT2D eigenvalue weighted by atomic mass is 32.1. The number of thiazole rings is 1. The van der Waals surface area contributed by atoms with Crippen molar-refractivity contribution in [3.8, 4) is 10.6 Å². The number of aromatic nitrogens is 1. The number of hydrogen-bond acceptors (Lipinski definition) is 4. The first-order chi connectivity index (χ1) is 8.72. The minimum Gasteiger partial charge on any atom is -0.469 e. The SMILES string of the molecule is CCc1ccc(-c2nc(CC(=O)OC)cs2)cc1. The molecule has 0 atom stereocenters. The van der Waals surface area contributed by atoms with Gasteiger partial charge in [-0.3, -0.25) is 4.79 Å². The fourth-order valence-electron chi connectivity index (χ4n) is 1.62. The average Bonchev–Trinajstić information content (AvgIpc) is 2.87. The third-order valence-corrected chi connectivity index (χ3v) is 3.65. The molecule has 0 aliphatic carbocycles. The molecule has 18 heavy (non-hydrogen) atoms. The summed E-state index contributed by atoms with van der Waals surface area (Å²) in [5.41, 5.74) is 3.17. The number of methoxy groups -OCH3 is 1. The van der Waals surface area contributed by atoms with Crippen molar-refractivity contribution < 1.29 is 9.53 Å². The molecule has 4 heteroatoms. The molecule has 1 aromatic carbocycles. The fraction of sp³-hybridized carbons (Fsp3) is 0.286. The van der Waals surface area contributed by atoms with E-state index in [0.717, 1.165) is 22.7 Å². The second-order valence-corrected chi connectivity index (χ2v) is 4.81. The number of nitrogens with zero attached hydrogens (tertiary/aromatic N) is 1. The fourth-order valence-corrected chi connectivity index (χ4v) is 2.45. The topological polar surface area (TPSA) is 39.2 Å². The zero-order valence-electron chi connectivity index (χ0n) is 10.5. The number of rotatable bonds is 4. The summed E-state index contributed by atoms with van der Waals surface area (Å²) in [7, 11) is 1.39. The van der Waals surface area contributed by atoms with Gasteiger partial charge in [-0.1, -0.05) is 31.2 Å². The first-order valence-electron chi connectivity index (χ1n) is 5.83. The van der Waals surface area contributed by atoms with Crippen molar-refractivity contribution >= 4 is 17.3 Å². The van der Waals surface area contributed by atoms with Gasteiger partial charge >= 0.3 is 5.97 Å². The molecule has 2 aromatic rings. The van der Waals surface area contributed by atoms with Crippen LogP contribution < -0.4 is 0 Å². The number of ether oxygens (including phenoxy) is 1. The molecule has 0 saturated heterocycles. The van der Waals surface area contributed by atoms with Crippen LogP contribution in [0.2, 0.25) is 0 Å². The van der Waals surface area contributed by atoms with E-state index in [2.05, 4.69) is 40.9 Å². The van der Waals surface area contributed by atoms with Gasteiger partial charge in [0.15, 0.2) is 0 Å². The minimum absolute atomic E-state index is 0.236. The van der Waals surface area contributed by atoms with Crippen molar-refractivity contribution in [1.82, 2.24) is 4.98 Å². The van der Waals surface area contributed by atoms with Crippen LogP contribution in [0.3, 0.4) is 0 Å². The van der Waals surface area contributed by atoms with Gasteiger partial charge < -0.3 is 4.74 Å². The third kappa shape index (κ3) is 2.96. The largest absolute Gasteiger partial charge is 0.469 e. The van der Waals surface area contributed by atoms with E-state index < -0.39 is 0 Å². The van der Waals surface area contributed by atoms with Gasteiger partial charge in [-0.25, -0.2) is 4.98 Å². The van der Waals surface area contributed by atoms with E-state index in [1.807, 2.05) is 5.38 Å². The predicted octanol–water partition coefficient (Wildman–Crippen LogP) is 3.09. The summed E-state index contributed by atoms with van der Waals surface area (Å²) in [6, 6.07) is 8.35. The maximum atomic E-state index is 11.2. The second-order valence-electron chi connectivity index (χ2n) is 3.95. The second kappa shape index (κ2) is 5.78. The van der Waals surface area contributed by atoms with Crippen LogP contribution in [0.5, 0.6) is 0 Å². The standard InChI is InChI=1S/C14H15NO2S/c1-3-10-4-6-11(7-5-10)14-15-12(9-18-14)8-13(16)17-2/h4-7,9H,3,8H2,1-2H3. The summed E-state index contributed by atoms with van der Waals surface area (Å²) < 4.78 is 4.63. The van der Waals surface area contributed by atoms with Crippen molar-refractivity contribution in [2.45, 2.75) is 19.8 Å². The lowest BCUT2D eigenvalue weighted by Crippen LogP contribution is -2.04. The van der Waals surface area contributed by atoms with Crippen molar-refractivity contribution in [3.63, 3.8) is 0 Å². The molecule has 0 amide bonds. The Morgan fingerprint density at radius 1 is 1.33 bits per heavy atom. The van der Waals surface area contributed by atoms with E-state index in [0.29, 0.717) is 0 Å². The lowest BCUT2D eigenvalue weighted by Gasteiger charge is -1.99. The normalized spacial score (nSPS) is 10.3. The number of benzene rings is 1. The molecule has 0 saturated carbocycles. The van der Waals surface area contributed by atoms with Crippen molar-refractivity contribution in [1.29, 1.82) is 0 Å². The first-order valence-corrected chi connectivity index (χ1v) is 6.71. The van der Waals surface area contributed by atoms with E-state index in [1.165, 1.54) is 12.7 Å². The Hall–Kier alpha value is -1.68. The molecular weight excluding hydrogens is 246 g/mol. The van der Waals surface area contributed by atoms with Gasteiger partial charge in [-0.2, -0.15) is 0 Å². The number of esters is 1. The maximum absolute atomic E-state index is 11.2. The minimum atomic E-state index is -0.256. The van der Waals surface area contributed by atoms with Crippen LogP contribution in [0.1, 0.15) is 18.2 Å². The molecule has 0 bridgehead atoms. The summed E-state index contributed by atoms with van der Waals surface area (Å²) in [4.78, 5) is 15.6. The molecule has 94 valence electrons. The van der Waals surface area contributed by atoms with Crippen LogP contribution >= 0.6 is 11.3 Å². The Balaban J connectivity index is 2.15. The number of carbonyl (C=O) groups excluding carboxylic acids is 1. The monoisotopic (exact) mass is 261 g/mol. The molecule has 0 aliphatic rings. The summed E-state index contributed by atoms with van der Waals surface area (Å²) in [6.07, 6.45) is 1.27. The van der Waals surface area contributed by atoms with E-state index in [9.17, 15) is 4.79 Å². The summed E-state index contributed by atoms with van der Waals surface area (Å²) in [6.45, 7) is 2.13. The smallest absolute Gasteiger partial charge is 0.311 e. The van der Waals surface area contributed by atoms with Crippen LogP contribution in [0, 0.1) is 0 Å². The maximum Gasteiger partial charge on any atom is 0.311 e. The lowest BCUT2D eigenvalue weighted by atomic mass is 10.1. The van der Waals surface area contributed by atoms with Crippen LogP contribution in [0.4, 0.5) is 0 Å². The van der Waals surface area contributed by atoms with Crippen LogP contribution in [0.25, 0.3) is 10.6 Å². The highest BCUT2D eigenvalue weighted by Gasteiger charge is 2.08. The predicted molar refractivity (Wildman–Crippen MR) is 72.6 cm³/mol. The highest BCUT2D eigenvalue weighted by Crippen LogP contribution is 2.24. The molecule has 0 spiro atoms. The number of carbonyl (C=O) groups is 1. The molecule has 0 unspecified atom stereocenters. The summed E-state index contributed by atoms with van der Waals surface area (Å²) >= 11 is 1.55. The van der Waals surface area contributed by atoms with Crippen LogP contribution in [0.15, 0.2) is 29.6 Å². The first kappa shape index (κ1) is 12.8. The quantitative estimate of drug-likeness (QED) is 0.794. The molecule has 0 fully saturated rings. The number of hydrogen-bond donors (Lipinski definition) is 0. The molecule has 2 rings (SSSR count). The van der Waals surface area contributed by atoms with Gasteiger partial charge in [0.05, 0.1) is 19.2 Å². The zero-order valence-corrected chi connectivity index (χ0v) is 11.3. The molecule has 1 aromatic heterocycles. The van der Waals surface area contributed by atoms with Gasteiger partial charge in [0.25, 0.3) is 0 Å². The van der Waals surface area contributed by atoms with Crippen molar-refractivity contribution in [3.05, 3.63) is 40.9 Å². The van der Waals surface area contributed by atoms with E-state index in [4.69, 9.17) is 0 Å². The molecule has 1 heterocycles. The lowest BCUT2D eigenvalue weighted by molar-refractivity contribution is -0.139. The molecule has 0 aliphatic heterocycles. The van der Waals surface area contributed by atoms with Crippen molar-refractivity contribution in [2.75, 3.05) is 7.11 Å². The van der Waals surface area contributed by atoms with Gasteiger partial charge in [-0.15, -0.1) is 11.3 Å². The average molecular weight is 261 g/mol. The molecular formula is C14H15NO2S. The molecule has 0 radical (unpaired) electrons. The third-order valence-electron chi connectivity index (χ3n) is 2.71. The Morgan fingerprint density at radius 2 is 2.06 bits per heavy atom. The molecule has 0 N–H and O–H groups in total. The molecule has 3 nitrogen and oxygen atoms in total. The Morgan fingerprint density at radius 3 is 2.67 bits per heavy atom. The highest BCUT2D eigenvalue weighted by molar-refractivity contribution is 7.13.